The van der Waals surface area contributed by atoms with Crippen molar-refractivity contribution in [3.63, 3.8) is 0 Å². The van der Waals surface area contributed by atoms with Gasteiger partial charge in [-0.05, 0) is 32.1 Å². The van der Waals surface area contributed by atoms with E-state index in [0.717, 1.165) is 31.8 Å². The van der Waals surface area contributed by atoms with Gasteiger partial charge in [0.15, 0.2) is 0 Å². The van der Waals surface area contributed by atoms with E-state index in [4.69, 9.17) is 10.5 Å². The summed E-state index contributed by atoms with van der Waals surface area (Å²) in [6, 6.07) is 0.213. The van der Waals surface area contributed by atoms with Crippen LogP contribution in [0.4, 0.5) is 0 Å². The van der Waals surface area contributed by atoms with E-state index < -0.39 is 0 Å². The fraction of sp³-hybridized carbons (Fsp3) is 1.00. The SMILES string of the molecule is CCOC(CC)(CC)C(N)CC1CCCC1. The van der Waals surface area contributed by atoms with Crippen molar-refractivity contribution in [2.24, 2.45) is 11.7 Å². The molecule has 0 saturated heterocycles. The Morgan fingerprint density at radius 1 is 1.19 bits per heavy atom. The van der Waals surface area contributed by atoms with E-state index in [0.29, 0.717) is 0 Å². The van der Waals surface area contributed by atoms with Crippen LogP contribution in [0.3, 0.4) is 0 Å². The predicted octanol–water partition coefficient (Wildman–Crippen LogP) is 3.49. The van der Waals surface area contributed by atoms with Crippen molar-refractivity contribution < 1.29 is 4.74 Å². The monoisotopic (exact) mass is 227 g/mol. The van der Waals surface area contributed by atoms with Crippen LogP contribution < -0.4 is 5.73 Å². The van der Waals surface area contributed by atoms with Crippen LogP contribution in [0.25, 0.3) is 0 Å². The topological polar surface area (TPSA) is 35.2 Å². The first-order valence-corrected chi connectivity index (χ1v) is 7.08. The standard InChI is InChI=1S/C14H29NO/c1-4-14(5-2,16-6-3)13(15)11-12-9-7-8-10-12/h12-13H,4-11,15H2,1-3H3. The molecular formula is C14H29NO. The summed E-state index contributed by atoms with van der Waals surface area (Å²) in [5.41, 5.74) is 6.34. The lowest BCUT2D eigenvalue weighted by Gasteiger charge is -2.38. The average Bonchev–Trinajstić information content (AvgIpc) is 2.78. The Bertz CT molecular complexity index is 183. The Balaban J connectivity index is 2.54. The van der Waals surface area contributed by atoms with Gasteiger partial charge < -0.3 is 10.5 Å². The number of hydrogen-bond acceptors (Lipinski definition) is 2. The van der Waals surface area contributed by atoms with E-state index in [-0.39, 0.29) is 11.6 Å². The second-order valence-corrected chi connectivity index (χ2v) is 5.20. The van der Waals surface area contributed by atoms with Crippen LogP contribution in [0.15, 0.2) is 0 Å². The first kappa shape index (κ1) is 14.0. The van der Waals surface area contributed by atoms with E-state index >= 15 is 0 Å². The lowest BCUT2D eigenvalue weighted by Crippen LogP contribution is -2.50. The molecule has 2 N–H and O–H groups in total. The van der Waals surface area contributed by atoms with Gasteiger partial charge in [0.05, 0.1) is 5.60 Å². The Morgan fingerprint density at radius 3 is 2.19 bits per heavy atom. The minimum atomic E-state index is -0.0721. The second kappa shape index (κ2) is 6.61. The molecule has 2 heteroatoms. The highest BCUT2D eigenvalue weighted by Crippen LogP contribution is 2.33. The van der Waals surface area contributed by atoms with Gasteiger partial charge in [-0.3, -0.25) is 0 Å². The minimum Gasteiger partial charge on any atom is -0.374 e. The summed E-state index contributed by atoms with van der Waals surface area (Å²) in [5, 5.41) is 0. The van der Waals surface area contributed by atoms with Crippen LogP contribution in [0, 0.1) is 5.92 Å². The van der Waals surface area contributed by atoms with Gasteiger partial charge in [-0.25, -0.2) is 0 Å². The molecule has 0 amide bonds. The molecule has 1 rings (SSSR count). The van der Waals surface area contributed by atoms with Crippen molar-refractivity contribution in [3.8, 4) is 0 Å². The molecule has 1 fully saturated rings. The predicted molar refractivity (Wildman–Crippen MR) is 69.5 cm³/mol. The lowest BCUT2D eigenvalue weighted by atomic mass is 9.83. The van der Waals surface area contributed by atoms with Crippen LogP contribution in [0.1, 0.15) is 65.7 Å². The van der Waals surface area contributed by atoms with Crippen molar-refractivity contribution in [3.05, 3.63) is 0 Å². The summed E-state index contributed by atoms with van der Waals surface area (Å²) < 4.78 is 5.98. The van der Waals surface area contributed by atoms with Gasteiger partial charge >= 0.3 is 0 Å². The molecule has 1 unspecified atom stereocenters. The van der Waals surface area contributed by atoms with Crippen molar-refractivity contribution >= 4 is 0 Å². The van der Waals surface area contributed by atoms with E-state index in [9.17, 15) is 0 Å². The van der Waals surface area contributed by atoms with Gasteiger partial charge in [-0.2, -0.15) is 0 Å². The highest BCUT2D eigenvalue weighted by atomic mass is 16.5. The smallest absolute Gasteiger partial charge is 0.0827 e. The fourth-order valence-electron chi connectivity index (χ4n) is 3.19. The first-order chi connectivity index (χ1) is 7.68. The molecule has 2 nitrogen and oxygen atoms in total. The molecule has 0 bridgehead atoms. The van der Waals surface area contributed by atoms with E-state index in [1.54, 1.807) is 0 Å². The second-order valence-electron chi connectivity index (χ2n) is 5.20. The highest BCUT2D eigenvalue weighted by Gasteiger charge is 2.35. The molecule has 0 radical (unpaired) electrons. The molecule has 0 aliphatic heterocycles. The summed E-state index contributed by atoms with van der Waals surface area (Å²) >= 11 is 0. The van der Waals surface area contributed by atoms with Crippen molar-refractivity contribution in [2.45, 2.75) is 77.4 Å². The molecule has 0 aromatic carbocycles. The Labute approximate surface area is 101 Å². The van der Waals surface area contributed by atoms with Crippen molar-refractivity contribution in [1.82, 2.24) is 0 Å². The normalized spacial score (nSPS) is 20.2. The van der Waals surface area contributed by atoms with Gasteiger partial charge in [-0.1, -0.05) is 39.5 Å². The third-order valence-corrected chi connectivity index (χ3v) is 4.37. The van der Waals surface area contributed by atoms with Crippen molar-refractivity contribution in [1.29, 1.82) is 0 Å². The Kier molecular flexibility index (Phi) is 5.77. The lowest BCUT2D eigenvalue weighted by molar-refractivity contribution is -0.0677. The molecule has 1 aliphatic carbocycles. The molecule has 1 atom stereocenters. The van der Waals surface area contributed by atoms with Gasteiger partial charge in [0.25, 0.3) is 0 Å². The third-order valence-electron chi connectivity index (χ3n) is 4.37. The maximum Gasteiger partial charge on any atom is 0.0827 e. The first-order valence-electron chi connectivity index (χ1n) is 7.08. The molecular weight excluding hydrogens is 198 g/mol. The van der Waals surface area contributed by atoms with Crippen LogP contribution in [0.5, 0.6) is 0 Å². The number of ether oxygens (including phenoxy) is 1. The summed E-state index contributed by atoms with van der Waals surface area (Å²) in [5.74, 6) is 0.855. The van der Waals surface area contributed by atoms with Gasteiger partial charge in [0, 0.05) is 12.6 Å². The van der Waals surface area contributed by atoms with Crippen molar-refractivity contribution in [2.75, 3.05) is 6.61 Å². The number of rotatable bonds is 7. The molecule has 0 aromatic heterocycles. The van der Waals surface area contributed by atoms with E-state index in [2.05, 4.69) is 20.8 Å². The van der Waals surface area contributed by atoms with Gasteiger partial charge in [-0.15, -0.1) is 0 Å². The van der Waals surface area contributed by atoms with Crippen LogP contribution in [-0.2, 0) is 4.74 Å². The van der Waals surface area contributed by atoms with Crippen LogP contribution in [-0.4, -0.2) is 18.2 Å². The summed E-state index contributed by atoms with van der Waals surface area (Å²) in [6.07, 6.45) is 8.78. The van der Waals surface area contributed by atoms with Crippen LogP contribution in [0.2, 0.25) is 0 Å². The molecule has 0 spiro atoms. The largest absolute Gasteiger partial charge is 0.374 e. The van der Waals surface area contributed by atoms with E-state index in [1.807, 2.05) is 0 Å². The maximum absolute atomic E-state index is 6.41. The summed E-state index contributed by atoms with van der Waals surface area (Å²) in [7, 11) is 0. The Hall–Kier alpha value is -0.0800. The Morgan fingerprint density at radius 2 is 1.75 bits per heavy atom. The average molecular weight is 227 g/mol. The molecule has 96 valence electrons. The summed E-state index contributed by atoms with van der Waals surface area (Å²) in [6.45, 7) is 7.25. The van der Waals surface area contributed by atoms with E-state index in [1.165, 1.54) is 25.7 Å². The number of nitrogens with two attached hydrogens (primary N) is 1. The summed E-state index contributed by atoms with van der Waals surface area (Å²) in [4.78, 5) is 0. The molecule has 16 heavy (non-hydrogen) atoms. The maximum atomic E-state index is 6.41. The fourth-order valence-corrected chi connectivity index (χ4v) is 3.19. The molecule has 0 aromatic rings. The molecule has 0 heterocycles. The number of hydrogen-bond donors (Lipinski definition) is 1. The van der Waals surface area contributed by atoms with Crippen LogP contribution >= 0.6 is 0 Å². The quantitative estimate of drug-likeness (QED) is 0.722. The highest BCUT2D eigenvalue weighted by molar-refractivity contribution is 4.91. The molecule has 1 aliphatic rings. The zero-order chi connectivity index (χ0) is 12.0. The van der Waals surface area contributed by atoms with Gasteiger partial charge in [0.1, 0.15) is 0 Å². The van der Waals surface area contributed by atoms with Gasteiger partial charge in [0.2, 0.25) is 0 Å². The zero-order valence-corrected chi connectivity index (χ0v) is 11.3. The third kappa shape index (κ3) is 3.21. The molecule has 1 saturated carbocycles. The minimum absolute atomic E-state index is 0.0721. The zero-order valence-electron chi connectivity index (χ0n) is 11.3.